The van der Waals surface area contributed by atoms with Crippen LogP contribution in [0.2, 0.25) is 5.02 Å². The molecule has 0 atom stereocenters. The minimum Gasteiger partial charge on any atom is -0.388 e. The van der Waals surface area contributed by atoms with Gasteiger partial charge in [-0.3, -0.25) is 0 Å². The van der Waals surface area contributed by atoms with Crippen LogP contribution in [0.3, 0.4) is 0 Å². The molecule has 24 heavy (non-hydrogen) atoms. The number of piperidine rings is 1. The molecule has 0 aromatic heterocycles. The first-order chi connectivity index (χ1) is 11.5. The fourth-order valence-electron chi connectivity index (χ4n) is 2.96. The van der Waals surface area contributed by atoms with Gasteiger partial charge in [0.1, 0.15) is 11.3 Å². The molecule has 0 aliphatic carbocycles. The van der Waals surface area contributed by atoms with E-state index in [4.69, 9.17) is 16.4 Å². The molecule has 0 bridgehead atoms. The van der Waals surface area contributed by atoms with Crippen LogP contribution in [-0.2, 0) is 4.84 Å². The number of hydrogen-bond acceptors (Lipinski definition) is 3. The molecule has 0 N–H and O–H groups in total. The second-order valence-corrected chi connectivity index (χ2v) is 6.85. The second kappa shape index (κ2) is 6.74. The van der Waals surface area contributed by atoms with Gasteiger partial charge >= 0.3 is 6.03 Å². The number of carbonyl (C=O) groups is 1. The molecule has 126 valence electrons. The number of hydrogen-bond donors (Lipinski definition) is 0. The first kappa shape index (κ1) is 16.7. The molecule has 2 aliphatic rings. The lowest BCUT2D eigenvalue weighted by molar-refractivity contribution is -0.0561. The lowest BCUT2D eigenvalue weighted by atomic mass is 9.87. The fourth-order valence-corrected chi connectivity index (χ4v) is 3.15. The second-order valence-electron chi connectivity index (χ2n) is 6.41. The molecule has 2 heterocycles. The summed E-state index contributed by atoms with van der Waals surface area (Å²) in [5.41, 5.74) is 1.31. The topological polar surface area (TPSA) is 45.1 Å². The highest BCUT2D eigenvalue weighted by Crippen LogP contribution is 2.34. The van der Waals surface area contributed by atoms with Gasteiger partial charge in [0.25, 0.3) is 0 Å². The van der Waals surface area contributed by atoms with Crippen LogP contribution in [0, 0.1) is 11.8 Å². The van der Waals surface area contributed by atoms with E-state index in [1.54, 1.807) is 19.0 Å². The van der Waals surface area contributed by atoms with Gasteiger partial charge in [-0.15, -0.1) is 0 Å². The lowest BCUT2D eigenvalue weighted by Crippen LogP contribution is -2.49. The third-order valence-corrected chi connectivity index (χ3v) is 4.58. The summed E-state index contributed by atoms with van der Waals surface area (Å²) in [6, 6.07) is 7.48. The van der Waals surface area contributed by atoms with Gasteiger partial charge in [0, 0.05) is 57.0 Å². The molecule has 2 aliphatic heterocycles. The molecule has 0 saturated carbocycles. The van der Waals surface area contributed by atoms with E-state index in [0.717, 1.165) is 24.1 Å². The number of nitrogens with zero attached hydrogens (tertiary/aromatic N) is 3. The predicted octanol–water partition coefficient (Wildman–Crippen LogP) is 2.98. The molecule has 1 spiro atoms. The lowest BCUT2D eigenvalue weighted by Gasteiger charge is -2.37. The summed E-state index contributed by atoms with van der Waals surface area (Å²) in [4.78, 5) is 21.2. The minimum atomic E-state index is -0.304. The summed E-state index contributed by atoms with van der Waals surface area (Å²) >= 11 is 5.96. The van der Waals surface area contributed by atoms with E-state index < -0.39 is 0 Å². The Morgan fingerprint density at radius 1 is 1.33 bits per heavy atom. The smallest absolute Gasteiger partial charge is 0.319 e. The van der Waals surface area contributed by atoms with Crippen molar-refractivity contribution in [2.24, 2.45) is 5.16 Å². The highest BCUT2D eigenvalue weighted by Gasteiger charge is 2.42. The third-order valence-electron chi connectivity index (χ3n) is 4.34. The van der Waals surface area contributed by atoms with Gasteiger partial charge in [0.15, 0.2) is 0 Å². The molecule has 1 aromatic rings. The molecule has 3 rings (SSSR count). The van der Waals surface area contributed by atoms with Crippen LogP contribution < -0.4 is 0 Å². The normalized spacial score (nSPS) is 18.5. The maximum atomic E-state index is 12.0. The summed E-state index contributed by atoms with van der Waals surface area (Å²) < 4.78 is 0. The Morgan fingerprint density at radius 2 is 2.08 bits per heavy atom. The molecule has 1 aromatic carbocycles. The van der Waals surface area contributed by atoms with Crippen LogP contribution >= 0.6 is 11.6 Å². The van der Waals surface area contributed by atoms with Gasteiger partial charge in [0.2, 0.25) is 0 Å². The molecular formula is C18H20ClN3O2. The van der Waals surface area contributed by atoms with Crippen molar-refractivity contribution in [1.29, 1.82) is 0 Å². The highest BCUT2D eigenvalue weighted by molar-refractivity contribution is 6.30. The summed E-state index contributed by atoms with van der Waals surface area (Å²) in [6.45, 7) is 1.36. The monoisotopic (exact) mass is 345 g/mol. The van der Waals surface area contributed by atoms with Crippen LogP contribution in [0.1, 0.15) is 24.8 Å². The maximum absolute atomic E-state index is 12.0. The van der Waals surface area contributed by atoms with Crippen molar-refractivity contribution >= 4 is 23.3 Å². The van der Waals surface area contributed by atoms with Gasteiger partial charge in [-0.25, -0.2) is 4.79 Å². The van der Waals surface area contributed by atoms with Crippen molar-refractivity contribution in [2.75, 3.05) is 27.2 Å². The molecule has 1 saturated heterocycles. The van der Waals surface area contributed by atoms with Crippen molar-refractivity contribution in [2.45, 2.75) is 24.9 Å². The standard InChI is InChI=1S/C18H20ClN3O2/c1-21(2)17(23)22-10-8-18(9-11-22)13-16(20-24-18)7-6-14-4-3-5-15(19)12-14/h3-5,12H,8-11,13H2,1-2H3. The Bertz CT molecular complexity index is 725. The Kier molecular flexibility index (Phi) is 4.68. The van der Waals surface area contributed by atoms with Crippen LogP contribution in [-0.4, -0.2) is 54.3 Å². The molecular weight excluding hydrogens is 326 g/mol. The summed E-state index contributed by atoms with van der Waals surface area (Å²) in [7, 11) is 3.54. The zero-order chi connectivity index (χ0) is 17.2. The van der Waals surface area contributed by atoms with E-state index in [0.29, 0.717) is 24.5 Å². The van der Waals surface area contributed by atoms with E-state index in [1.807, 2.05) is 29.2 Å². The molecule has 0 radical (unpaired) electrons. The van der Waals surface area contributed by atoms with Crippen molar-refractivity contribution < 1.29 is 9.63 Å². The van der Waals surface area contributed by atoms with Crippen molar-refractivity contribution in [1.82, 2.24) is 9.80 Å². The number of halogens is 1. The summed E-state index contributed by atoms with van der Waals surface area (Å²) in [6.07, 6.45) is 2.25. The van der Waals surface area contributed by atoms with E-state index in [9.17, 15) is 4.79 Å². The quantitative estimate of drug-likeness (QED) is 0.678. The van der Waals surface area contributed by atoms with Crippen LogP contribution in [0.15, 0.2) is 29.4 Å². The zero-order valence-corrected chi connectivity index (χ0v) is 14.6. The third kappa shape index (κ3) is 3.65. The SMILES string of the molecule is CN(C)C(=O)N1CCC2(CC1)CC(C#Cc1cccc(Cl)c1)=NO2. The van der Waals surface area contributed by atoms with Gasteiger partial charge in [-0.1, -0.05) is 28.7 Å². The Labute approximate surface area is 147 Å². The maximum Gasteiger partial charge on any atom is 0.319 e. The molecule has 2 amide bonds. The van der Waals surface area contributed by atoms with Crippen molar-refractivity contribution in [3.63, 3.8) is 0 Å². The van der Waals surface area contributed by atoms with Crippen LogP contribution in [0.25, 0.3) is 0 Å². The van der Waals surface area contributed by atoms with Gasteiger partial charge in [-0.2, -0.15) is 0 Å². The predicted molar refractivity (Wildman–Crippen MR) is 94.1 cm³/mol. The number of oxime groups is 1. The van der Waals surface area contributed by atoms with Crippen molar-refractivity contribution in [3.05, 3.63) is 34.9 Å². The van der Waals surface area contributed by atoms with Gasteiger partial charge < -0.3 is 14.6 Å². The molecule has 6 heteroatoms. The largest absolute Gasteiger partial charge is 0.388 e. The molecule has 5 nitrogen and oxygen atoms in total. The molecule has 1 fully saturated rings. The minimum absolute atomic E-state index is 0.0461. The fraction of sp³-hybridized carbons (Fsp3) is 0.444. The zero-order valence-electron chi connectivity index (χ0n) is 13.9. The highest BCUT2D eigenvalue weighted by atomic mass is 35.5. The van der Waals surface area contributed by atoms with Gasteiger partial charge in [-0.05, 0) is 24.1 Å². The number of benzene rings is 1. The Hall–Kier alpha value is -2.19. The van der Waals surface area contributed by atoms with Crippen molar-refractivity contribution in [3.8, 4) is 11.8 Å². The van der Waals surface area contributed by atoms with Gasteiger partial charge in [0.05, 0.1) is 0 Å². The van der Waals surface area contributed by atoms with E-state index in [-0.39, 0.29) is 11.6 Å². The average Bonchev–Trinajstić information content (AvgIpc) is 2.96. The number of urea groups is 1. The number of likely N-dealkylation sites (tertiary alicyclic amines) is 1. The average molecular weight is 346 g/mol. The number of carbonyl (C=O) groups excluding carboxylic acids is 1. The first-order valence-corrected chi connectivity index (χ1v) is 8.34. The molecule has 0 unspecified atom stereocenters. The summed E-state index contributed by atoms with van der Waals surface area (Å²) in [5.74, 6) is 6.15. The number of rotatable bonds is 0. The van der Waals surface area contributed by atoms with E-state index >= 15 is 0 Å². The Balaban J connectivity index is 1.59. The van der Waals surface area contributed by atoms with E-state index in [2.05, 4.69) is 17.0 Å². The van der Waals surface area contributed by atoms with Crippen LogP contribution in [0.4, 0.5) is 4.79 Å². The first-order valence-electron chi connectivity index (χ1n) is 7.96. The van der Waals surface area contributed by atoms with E-state index in [1.165, 1.54) is 0 Å². The Morgan fingerprint density at radius 3 is 2.75 bits per heavy atom. The summed E-state index contributed by atoms with van der Waals surface area (Å²) in [5, 5.41) is 4.82. The van der Waals surface area contributed by atoms with Crippen LogP contribution in [0.5, 0.6) is 0 Å². The number of amides is 2.